The molecule has 0 bridgehead atoms. The van der Waals surface area contributed by atoms with Crippen molar-refractivity contribution in [1.29, 1.82) is 0 Å². The van der Waals surface area contributed by atoms with Crippen molar-refractivity contribution in [3.63, 3.8) is 0 Å². The second-order valence-electron chi connectivity index (χ2n) is 4.57. The number of amides is 1. The first kappa shape index (κ1) is 17.4. The van der Waals surface area contributed by atoms with Gasteiger partial charge in [-0.1, -0.05) is 0 Å². The van der Waals surface area contributed by atoms with Crippen molar-refractivity contribution in [1.82, 2.24) is 5.32 Å². The minimum atomic E-state index is -0.482. The zero-order chi connectivity index (χ0) is 14.5. The lowest BCUT2D eigenvalue weighted by Crippen LogP contribution is -2.45. The lowest BCUT2D eigenvalue weighted by atomic mass is 10.1. The number of anilines is 1. The lowest BCUT2D eigenvalue weighted by molar-refractivity contribution is -0.128. The lowest BCUT2D eigenvalue weighted by Gasteiger charge is -2.22. The zero-order valence-electron chi connectivity index (χ0n) is 12.0. The van der Waals surface area contributed by atoms with Gasteiger partial charge in [0.25, 0.3) is 5.91 Å². The molecule has 1 aromatic rings. The van der Waals surface area contributed by atoms with Crippen molar-refractivity contribution in [2.24, 2.45) is 0 Å². The number of nitrogens with one attached hydrogen (secondary N) is 2. The van der Waals surface area contributed by atoms with Crippen LogP contribution in [0.3, 0.4) is 0 Å². The number of ether oxygens (including phenoxy) is 2. The molecule has 1 saturated heterocycles. The summed E-state index contributed by atoms with van der Waals surface area (Å²) in [5, 5.41) is 5.88. The third kappa shape index (κ3) is 4.42. The van der Waals surface area contributed by atoms with Crippen molar-refractivity contribution < 1.29 is 19.1 Å². The average Bonchev–Trinajstić information content (AvgIpc) is 2.47. The summed E-state index contributed by atoms with van der Waals surface area (Å²) in [4.78, 5) is 23.5. The fourth-order valence-electron chi connectivity index (χ4n) is 2.04. The molecule has 1 heterocycles. The standard InChI is InChI=1S/C14H18N2O4.ClH/c1-9-7-10(3-4-11(9)14(18)19-2)16-13(17)12-8-15-5-6-20-12;/h3-4,7,12,15H,5-6,8H2,1-2H3,(H,16,17);1H. The van der Waals surface area contributed by atoms with Gasteiger partial charge in [0.15, 0.2) is 0 Å². The van der Waals surface area contributed by atoms with E-state index in [0.717, 1.165) is 12.1 Å². The largest absolute Gasteiger partial charge is 0.465 e. The van der Waals surface area contributed by atoms with Gasteiger partial charge in [0.05, 0.1) is 19.3 Å². The molecule has 0 spiro atoms. The van der Waals surface area contributed by atoms with E-state index in [2.05, 4.69) is 15.4 Å². The van der Waals surface area contributed by atoms with Crippen molar-refractivity contribution in [3.8, 4) is 0 Å². The van der Waals surface area contributed by atoms with Crippen LogP contribution in [0, 0.1) is 6.92 Å². The normalized spacial score (nSPS) is 17.5. The number of methoxy groups -OCH3 is 1. The summed E-state index contributed by atoms with van der Waals surface area (Å²) in [7, 11) is 1.34. The van der Waals surface area contributed by atoms with Crippen molar-refractivity contribution in [2.45, 2.75) is 13.0 Å². The van der Waals surface area contributed by atoms with E-state index < -0.39 is 6.10 Å². The number of carbonyl (C=O) groups excluding carboxylic acids is 2. The summed E-state index contributed by atoms with van der Waals surface area (Å²) in [6.45, 7) is 3.58. The predicted molar refractivity (Wildman–Crippen MR) is 81.0 cm³/mol. The summed E-state index contributed by atoms with van der Waals surface area (Å²) < 4.78 is 10.1. The van der Waals surface area contributed by atoms with Gasteiger partial charge >= 0.3 is 5.97 Å². The molecule has 1 aliphatic heterocycles. The molecule has 6 nitrogen and oxygen atoms in total. The SMILES string of the molecule is COC(=O)c1ccc(NC(=O)C2CNCCO2)cc1C.Cl. The van der Waals surface area contributed by atoms with Gasteiger partial charge in [-0.15, -0.1) is 12.4 Å². The second kappa shape index (κ2) is 7.97. The first-order valence-corrected chi connectivity index (χ1v) is 6.44. The molecule has 1 unspecified atom stereocenters. The highest BCUT2D eigenvalue weighted by Gasteiger charge is 2.22. The molecule has 7 heteroatoms. The Hall–Kier alpha value is -1.63. The van der Waals surface area contributed by atoms with Gasteiger partial charge in [-0.2, -0.15) is 0 Å². The van der Waals surface area contributed by atoms with Gasteiger partial charge < -0.3 is 20.1 Å². The van der Waals surface area contributed by atoms with Gasteiger partial charge in [0.1, 0.15) is 6.10 Å². The number of hydrogen-bond donors (Lipinski definition) is 2. The number of morpholine rings is 1. The van der Waals surface area contributed by atoms with Gasteiger partial charge in [-0.05, 0) is 30.7 Å². The van der Waals surface area contributed by atoms with Gasteiger partial charge in [0, 0.05) is 18.8 Å². The smallest absolute Gasteiger partial charge is 0.338 e. The first-order chi connectivity index (χ1) is 9.61. The number of aryl methyl sites for hydroxylation is 1. The van der Waals surface area contributed by atoms with Crippen LogP contribution in [0.2, 0.25) is 0 Å². The molecule has 1 aromatic carbocycles. The van der Waals surface area contributed by atoms with Gasteiger partial charge in [0.2, 0.25) is 0 Å². The Bertz CT molecular complexity index is 516. The molecule has 0 aliphatic carbocycles. The highest BCUT2D eigenvalue weighted by molar-refractivity contribution is 5.96. The van der Waals surface area contributed by atoms with Crippen LogP contribution in [0.1, 0.15) is 15.9 Å². The van der Waals surface area contributed by atoms with Crippen LogP contribution in [0.15, 0.2) is 18.2 Å². The van der Waals surface area contributed by atoms with E-state index in [1.807, 2.05) is 0 Å². The molecule has 1 fully saturated rings. The predicted octanol–water partition coefficient (Wildman–Crippen LogP) is 1.13. The average molecular weight is 315 g/mol. The Morgan fingerprint density at radius 2 is 2.19 bits per heavy atom. The third-order valence-electron chi connectivity index (χ3n) is 3.12. The molecular weight excluding hydrogens is 296 g/mol. The fourth-order valence-corrected chi connectivity index (χ4v) is 2.04. The van der Waals surface area contributed by atoms with Gasteiger partial charge in [-0.3, -0.25) is 4.79 Å². The van der Waals surface area contributed by atoms with Crippen molar-refractivity contribution in [3.05, 3.63) is 29.3 Å². The molecule has 1 amide bonds. The quantitative estimate of drug-likeness (QED) is 0.818. The summed E-state index contributed by atoms with van der Waals surface area (Å²) in [6.07, 6.45) is -0.482. The fraction of sp³-hybridized carbons (Fsp3) is 0.429. The molecule has 1 atom stereocenters. The molecule has 21 heavy (non-hydrogen) atoms. The summed E-state index contributed by atoms with van der Waals surface area (Å²) in [5.41, 5.74) is 1.87. The van der Waals surface area contributed by atoms with E-state index in [4.69, 9.17) is 4.74 Å². The molecule has 2 rings (SSSR count). The maximum absolute atomic E-state index is 12.0. The monoisotopic (exact) mass is 314 g/mol. The van der Waals surface area contributed by atoms with Crippen LogP contribution in [0.4, 0.5) is 5.69 Å². The van der Waals surface area contributed by atoms with Crippen molar-refractivity contribution >= 4 is 30.0 Å². The van der Waals surface area contributed by atoms with Crippen LogP contribution < -0.4 is 10.6 Å². The third-order valence-corrected chi connectivity index (χ3v) is 3.12. The summed E-state index contributed by atoms with van der Waals surface area (Å²) >= 11 is 0. The van der Waals surface area contributed by atoms with E-state index in [1.54, 1.807) is 25.1 Å². The van der Waals surface area contributed by atoms with Crippen LogP contribution in [0.5, 0.6) is 0 Å². The van der Waals surface area contributed by atoms with Gasteiger partial charge in [-0.25, -0.2) is 4.79 Å². The topological polar surface area (TPSA) is 76.7 Å². The first-order valence-electron chi connectivity index (χ1n) is 6.44. The van der Waals surface area contributed by atoms with Crippen molar-refractivity contribution in [2.75, 3.05) is 32.1 Å². The Balaban J connectivity index is 0.00000220. The minimum absolute atomic E-state index is 0. The zero-order valence-corrected chi connectivity index (χ0v) is 12.8. The Morgan fingerprint density at radius 1 is 1.43 bits per heavy atom. The Kier molecular flexibility index (Phi) is 6.61. The minimum Gasteiger partial charge on any atom is -0.465 e. The van der Waals surface area contributed by atoms with Crippen LogP contribution in [0.25, 0.3) is 0 Å². The number of carbonyl (C=O) groups is 2. The van der Waals surface area contributed by atoms with E-state index in [0.29, 0.717) is 24.4 Å². The van der Waals surface area contributed by atoms with E-state index >= 15 is 0 Å². The van der Waals surface area contributed by atoms with E-state index in [1.165, 1.54) is 7.11 Å². The highest BCUT2D eigenvalue weighted by Crippen LogP contribution is 2.16. The number of halogens is 1. The second-order valence-corrected chi connectivity index (χ2v) is 4.57. The number of hydrogen-bond acceptors (Lipinski definition) is 5. The Morgan fingerprint density at radius 3 is 2.76 bits per heavy atom. The molecule has 2 N–H and O–H groups in total. The number of rotatable bonds is 3. The number of benzene rings is 1. The van der Waals surface area contributed by atoms with Crippen LogP contribution in [-0.2, 0) is 14.3 Å². The number of esters is 1. The maximum Gasteiger partial charge on any atom is 0.338 e. The molecule has 0 saturated carbocycles. The molecule has 1 aliphatic rings. The highest BCUT2D eigenvalue weighted by atomic mass is 35.5. The molecule has 116 valence electrons. The van der Waals surface area contributed by atoms with Crippen LogP contribution >= 0.6 is 12.4 Å². The summed E-state index contributed by atoms with van der Waals surface area (Å²) in [5.74, 6) is -0.581. The van der Waals surface area contributed by atoms with E-state index in [-0.39, 0.29) is 24.3 Å². The van der Waals surface area contributed by atoms with Crippen LogP contribution in [-0.4, -0.2) is 44.8 Å². The Labute approximate surface area is 129 Å². The molecule has 0 aromatic heterocycles. The molecular formula is C14H19ClN2O4. The maximum atomic E-state index is 12.0. The van der Waals surface area contributed by atoms with E-state index in [9.17, 15) is 9.59 Å². The molecule has 0 radical (unpaired) electrons. The summed E-state index contributed by atoms with van der Waals surface area (Å²) in [6, 6.07) is 5.05.